The quantitative estimate of drug-likeness (QED) is 0.0698. The zero-order valence-electron chi connectivity index (χ0n) is 46.7. The highest BCUT2D eigenvalue weighted by Gasteiger charge is 2.45. The van der Waals surface area contributed by atoms with Crippen molar-refractivity contribution in [3.8, 4) is 0 Å². The maximum absolute atomic E-state index is 14.9. The van der Waals surface area contributed by atoms with Crippen LogP contribution in [0.5, 0.6) is 0 Å². The summed E-state index contributed by atoms with van der Waals surface area (Å²) in [6.45, 7) is 26.3. The van der Waals surface area contributed by atoms with Gasteiger partial charge in [0.1, 0.15) is 48.3 Å². The molecule has 0 aliphatic carbocycles. The van der Waals surface area contributed by atoms with E-state index in [4.69, 9.17) is 5.73 Å². The fraction of sp³-hybridized carbons (Fsp3) is 0.804. The summed E-state index contributed by atoms with van der Waals surface area (Å²) in [4.78, 5) is 143. The molecule has 0 aliphatic rings. The molecule has 0 rings (SSSR count). The topological polar surface area (TPSA) is 269 Å². The molecule has 20 nitrogen and oxygen atoms in total. The smallest absolute Gasteiger partial charge is 0.326 e. The van der Waals surface area contributed by atoms with E-state index in [0.717, 1.165) is 0 Å². The van der Waals surface area contributed by atoms with E-state index in [0.29, 0.717) is 19.3 Å². The monoisotopic (exact) mass is 1010 g/mol. The normalized spacial score (nSPS) is 16.2. The number of nitrogens with zero attached hydrogens (tertiary/aromatic N) is 5. The van der Waals surface area contributed by atoms with E-state index in [1.54, 1.807) is 48.5 Å². The van der Waals surface area contributed by atoms with Gasteiger partial charge in [-0.25, -0.2) is 4.79 Å². The van der Waals surface area contributed by atoms with Gasteiger partial charge in [0.15, 0.2) is 0 Å². The van der Waals surface area contributed by atoms with Crippen LogP contribution in [0.2, 0.25) is 0 Å². The fourth-order valence-electron chi connectivity index (χ4n) is 8.93. The Morgan fingerprint density at radius 3 is 1.17 bits per heavy atom. The summed E-state index contributed by atoms with van der Waals surface area (Å²) in [6, 6.07) is -9.02. The number of carboxylic acid groups (broad SMARTS) is 1. The lowest BCUT2D eigenvalue weighted by molar-refractivity contribution is -0.160. The molecule has 0 heterocycles. The molecule has 0 fully saturated rings. The summed E-state index contributed by atoms with van der Waals surface area (Å²) in [5.41, 5.74) is 5.29. The first-order chi connectivity index (χ1) is 32.7. The molecule has 1 unspecified atom stereocenters. The highest BCUT2D eigenvalue weighted by Crippen LogP contribution is 2.27. The third-order valence-corrected chi connectivity index (χ3v) is 13.9. The van der Waals surface area contributed by atoms with Gasteiger partial charge in [-0.3, -0.25) is 43.2 Å². The highest BCUT2D eigenvalue weighted by atomic mass is 16.4. The molecule has 9 amide bonds. The van der Waals surface area contributed by atoms with Gasteiger partial charge in [0.05, 0.1) is 0 Å². The predicted molar refractivity (Wildman–Crippen MR) is 273 cm³/mol. The molecule has 0 saturated carbocycles. The zero-order valence-corrected chi connectivity index (χ0v) is 46.7. The molecule has 0 bridgehead atoms. The summed E-state index contributed by atoms with van der Waals surface area (Å²) in [5, 5.41) is 18.2. The number of carboxylic acids is 1. The first-order valence-electron chi connectivity index (χ1n) is 25.4. The molecule has 0 aromatic rings. The first-order valence-corrected chi connectivity index (χ1v) is 25.4. The second-order valence-electron chi connectivity index (χ2n) is 21.1. The van der Waals surface area contributed by atoms with Crippen molar-refractivity contribution in [3.63, 3.8) is 0 Å². The lowest BCUT2D eigenvalue weighted by atomic mass is 9.90. The Balaban J connectivity index is 7.04. The van der Waals surface area contributed by atoms with Gasteiger partial charge in [0, 0.05) is 48.6 Å². The molecule has 0 aromatic heterocycles. The van der Waals surface area contributed by atoms with Gasteiger partial charge in [-0.2, -0.15) is 0 Å². The van der Waals surface area contributed by atoms with E-state index in [-0.39, 0.29) is 37.0 Å². The van der Waals surface area contributed by atoms with Crippen LogP contribution in [-0.2, 0) is 47.9 Å². The number of carbonyl (C=O) groups excluding carboxylic acids is 9. The molecule has 71 heavy (non-hydrogen) atoms. The molecule has 20 heteroatoms. The minimum atomic E-state index is -1.18. The summed E-state index contributed by atoms with van der Waals surface area (Å²) in [7, 11) is 7.32. The maximum Gasteiger partial charge on any atom is 0.326 e. The van der Waals surface area contributed by atoms with Gasteiger partial charge < -0.3 is 51.3 Å². The second kappa shape index (κ2) is 29.9. The summed E-state index contributed by atoms with van der Waals surface area (Å²) in [6.07, 6.45) is 1.33. The van der Waals surface area contributed by atoms with Crippen molar-refractivity contribution in [3.05, 3.63) is 0 Å². The third kappa shape index (κ3) is 18.4. The van der Waals surface area contributed by atoms with Crippen LogP contribution in [0.4, 0.5) is 0 Å². The van der Waals surface area contributed by atoms with Crippen molar-refractivity contribution in [2.75, 3.05) is 35.2 Å². The Bertz CT molecular complexity index is 1840. The van der Waals surface area contributed by atoms with E-state index in [1.165, 1.54) is 66.7 Å². The average Bonchev–Trinajstić information content (AvgIpc) is 3.28. The molecule has 408 valence electrons. The van der Waals surface area contributed by atoms with Crippen molar-refractivity contribution in [2.24, 2.45) is 47.2 Å². The molecule has 6 N–H and O–H groups in total. The number of likely N-dealkylation sites (N-methyl/N-ethyl adjacent to an activating group) is 5. The van der Waals surface area contributed by atoms with Gasteiger partial charge in [-0.05, 0) is 54.3 Å². The molecule has 0 saturated heterocycles. The number of hydrogen-bond acceptors (Lipinski definition) is 10. The van der Waals surface area contributed by atoms with Crippen molar-refractivity contribution < 1.29 is 53.1 Å². The summed E-state index contributed by atoms with van der Waals surface area (Å²) < 4.78 is 0. The number of primary amides is 1. The molecule has 0 aromatic carbocycles. The lowest BCUT2D eigenvalue weighted by Crippen LogP contribution is -2.63. The van der Waals surface area contributed by atoms with Crippen LogP contribution in [0.25, 0.3) is 0 Å². The fourth-order valence-corrected chi connectivity index (χ4v) is 8.93. The van der Waals surface area contributed by atoms with Crippen LogP contribution in [0.3, 0.4) is 0 Å². The average molecular weight is 1010 g/mol. The Hall–Kier alpha value is -5.30. The molecule has 0 radical (unpaired) electrons. The Morgan fingerprint density at radius 2 is 0.831 bits per heavy atom. The van der Waals surface area contributed by atoms with Crippen LogP contribution in [0.15, 0.2) is 0 Å². The first kappa shape index (κ1) is 65.7. The van der Waals surface area contributed by atoms with Crippen LogP contribution >= 0.6 is 0 Å². The van der Waals surface area contributed by atoms with Gasteiger partial charge in [0.2, 0.25) is 53.2 Å². The van der Waals surface area contributed by atoms with Crippen molar-refractivity contribution in [2.45, 2.75) is 191 Å². The number of nitrogens with two attached hydrogens (primary N) is 1. The number of carbonyl (C=O) groups is 10. The number of aliphatic carboxylic acids is 1. The molecular formula is C51H93N9O11. The van der Waals surface area contributed by atoms with E-state index in [9.17, 15) is 53.1 Å². The van der Waals surface area contributed by atoms with Crippen LogP contribution in [0.1, 0.15) is 142 Å². The summed E-state index contributed by atoms with van der Waals surface area (Å²) >= 11 is 0. The highest BCUT2D eigenvalue weighted by molar-refractivity contribution is 5.98. The van der Waals surface area contributed by atoms with E-state index < -0.39 is 131 Å². The number of amides is 9. The number of nitrogens with one attached hydrogen (secondary N) is 3. The Kier molecular flexibility index (Phi) is 27.7. The molecular weight excluding hydrogens is 915 g/mol. The molecule has 0 aliphatic heterocycles. The van der Waals surface area contributed by atoms with Crippen LogP contribution in [-0.4, -0.2) is 172 Å². The van der Waals surface area contributed by atoms with E-state index >= 15 is 0 Å². The van der Waals surface area contributed by atoms with Gasteiger partial charge in [0.25, 0.3) is 0 Å². The number of hydrogen-bond donors (Lipinski definition) is 5. The maximum atomic E-state index is 14.9. The second-order valence-corrected chi connectivity index (χ2v) is 21.1. The minimum Gasteiger partial charge on any atom is -0.480 e. The SMILES string of the molecule is CCC(C)[C@@H](C(=O)O)N(C)C(=O)[C@H]([C@@H](C)CC)N(C)C(=O)[C@H]([C@@H](C)CC)N(C)C(=O)[C@H](C(C)C)N(C)C(=O)[C@@H](NC(=O)[C@H](CC(C)C)N(C)C(=O)[C@@H](NC(=O)[C@@H](CCC(N)=O)NC(C)=O)C(C)C)C(C)C. The predicted octanol–water partition coefficient (Wildman–Crippen LogP) is 3.10. The molecule has 11 atom stereocenters. The zero-order chi connectivity index (χ0) is 55.7. The Morgan fingerprint density at radius 1 is 0.479 bits per heavy atom. The van der Waals surface area contributed by atoms with Gasteiger partial charge in [-0.15, -0.1) is 0 Å². The summed E-state index contributed by atoms with van der Waals surface area (Å²) in [5.74, 6) is -9.33. The molecule has 0 spiro atoms. The van der Waals surface area contributed by atoms with E-state index in [2.05, 4.69) is 16.0 Å². The lowest BCUT2D eigenvalue weighted by Gasteiger charge is -2.42. The largest absolute Gasteiger partial charge is 0.480 e. The van der Waals surface area contributed by atoms with Crippen LogP contribution in [0, 0.1) is 41.4 Å². The Labute approximate surface area is 424 Å². The van der Waals surface area contributed by atoms with Crippen molar-refractivity contribution in [1.82, 2.24) is 40.4 Å². The van der Waals surface area contributed by atoms with Gasteiger partial charge in [-0.1, -0.05) is 116 Å². The van der Waals surface area contributed by atoms with Crippen molar-refractivity contribution >= 4 is 59.1 Å². The third-order valence-electron chi connectivity index (χ3n) is 13.9. The van der Waals surface area contributed by atoms with Crippen molar-refractivity contribution in [1.29, 1.82) is 0 Å². The number of rotatable bonds is 30. The van der Waals surface area contributed by atoms with E-state index in [1.807, 2.05) is 48.5 Å². The van der Waals surface area contributed by atoms with Crippen LogP contribution < -0.4 is 21.7 Å². The minimum absolute atomic E-state index is 0.101. The standard InChI is InChI=1S/C51H93N9O11/c1-21-31(12)41(49(68)59(19)42(32(13)22-2)50(69)60(20)43(51(70)71)33(14)23-3)58(18)48(67)40(30(10)11)57(17)47(66)39(29(8)9)55-45(64)36(26-27(4)5)56(16)46(65)38(28(6)7)54-44(63)35(53-34(15)61)24-25-37(52)62/h27-33,35-36,38-43H,21-26H2,1-20H3,(H2,52,62)(H,53,61)(H,54,63)(H,55,64)(H,70,71)/t31-,32-,33?,35+,36-,38-,39-,40-,41-,42-,43-/m0/s1. The van der Waals surface area contributed by atoms with Gasteiger partial charge >= 0.3 is 5.97 Å².